The fourth-order valence-corrected chi connectivity index (χ4v) is 6.27. The Balaban J connectivity index is 0.000000149. The van der Waals surface area contributed by atoms with Gasteiger partial charge in [-0.1, -0.05) is 54.6 Å². The minimum absolute atomic E-state index is 0. The summed E-state index contributed by atoms with van der Waals surface area (Å²) in [6.45, 7) is 1.80. The number of halogens is 8. The number of para-hydroxylation sites is 4. The molecule has 0 atom stereocenters. The molecule has 4 heterocycles. The van der Waals surface area contributed by atoms with E-state index in [1.54, 1.807) is 61.7 Å². The van der Waals surface area contributed by atoms with Crippen LogP contribution in [0.5, 0.6) is 0 Å². The molecule has 0 bridgehead atoms. The van der Waals surface area contributed by atoms with Crippen molar-refractivity contribution in [3.05, 3.63) is 211 Å². The molecule has 0 N–H and O–H groups in total. The molecule has 8 nitrogen and oxygen atoms in total. The van der Waals surface area contributed by atoms with E-state index in [0.717, 1.165) is 54.2 Å². The Bertz CT molecular complexity index is 2880. The molecule has 63 heavy (non-hydrogen) atoms. The van der Waals surface area contributed by atoms with Crippen molar-refractivity contribution in [1.29, 1.82) is 0 Å². The van der Waals surface area contributed by atoms with Crippen molar-refractivity contribution in [2.45, 2.75) is 6.92 Å². The van der Waals surface area contributed by atoms with Crippen molar-refractivity contribution in [3.8, 4) is 34.3 Å². The second-order valence-electron chi connectivity index (χ2n) is 13.1. The second kappa shape index (κ2) is 18.7. The SMILES string of the molecule is Cc1n[n-]c(-c2ccccn2)n1.Fc1c[c-]c(-n2[c-][n+](-c3ccc(F)cc3F)c3ccccc32)c(F)c1.Fc1c[c-]c(-n2[c-][n+](-c3ccc(F)cc3F)c3ccccc32)c(F)c1.[Ir]. The van der Waals surface area contributed by atoms with Crippen LogP contribution in [0.25, 0.3) is 56.3 Å². The predicted molar refractivity (Wildman–Crippen MR) is 208 cm³/mol. The van der Waals surface area contributed by atoms with Crippen LogP contribution in [0.4, 0.5) is 35.1 Å². The van der Waals surface area contributed by atoms with Gasteiger partial charge in [0.1, 0.15) is 34.6 Å². The monoisotopic (exact) mass is 1030 g/mol. The summed E-state index contributed by atoms with van der Waals surface area (Å²) in [5.74, 6) is -4.88. The van der Waals surface area contributed by atoms with Gasteiger partial charge in [-0.3, -0.25) is 36.8 Å². The van der Waals surface area contributed by atoms with Gasteiger partial charge < -0.3 is 19.2 Å². The Hall–Kier alpha value is -7.36. The standard InChI is InChI=1S/2C19H9F4N2.C8H7N4.Ir/c2*20-12-5-7-16(14(22)9-12)24-11-25(19-4-2-1-3-18(19)24)17-8-6-13(21)10-15(17)23;1-6-10-8(12-11-6)7-4-2-3-5-9-7;/h2*1-7,9-10H;2-5H,1H3;/q3*-1;. The minimum atomic E-state index is -0.830. The molecule has 0 spiro atoms. The first kappa shape index (κ1) is 43.7. The molecule has 0 unspecified atom stereocenters. The molecule has 10 aromatic rings. The van der Waals surface area contributed by atoms with Gasteiger partial charge in [0.15, 0.2) is 0 Å². The number of imidazole rings is 2. The summed E-state index contributed by atoms with van der Waals surface area (Å²) in [5, 5.41) is 7.65. The van der Waals surface area contributed by atoms with Crippen molar-refractivity contribution in [2.24, 2.45) is 0 Å². The summed E-state index contributed by atoms with van der Waals surface area (Å²) in [6.07, 6.45) is 7.35. The van der Waals surface area contributed by atoms with Crippen molar-refractivity contribution in [3.63, 3.8) is 0 Å². The molecule has 0 saturated heterocycles. The molecule has 317 valence electrons. The van der Waals surface area contributed by atoms with Gasteiger partial charge in [-0.05, 0) is 60.5 Å². The van der Waals surface area contributed by atoms with Crippen LogP contribution in [0.15, 0.2) is 134 Å². The number of hydrogen-bond acceptors (Lipinski definition) is 3. The molecular formula is C46H25F8IrN8-3. The zero-order valence-corrected chi connectivity index (χ0v) is 34.5. The number of rotatable bonds is 5. The van der Waals surface area contributed by atoms with Gasteiger partial charge >= 0.3 is 0 Å². The number of aryl methyl sites for hydroxylation is 1. The van der Waals surface area contributed by atoms with Gasteiger partial charge in [-0.25, -0.2) is 17.6 Å². The van der Waals surface area contributed by atoms with Crippen LogP contribution in [-0.4, -0.2) is 24.2 Å². The van der Waals surface area contributed by atoms with Gasteiger partial charge in [-0.2, -0.15) is 12.1 Å². The predicted octanol–water partition coefficient (Wildman–Crippen LogP) is 8.93. The summed E-state index contributed by atoms with van der Waals surface area (Å²) in [7, 11) is 0. The van der Waals surface area contributed by atoms with E-state index in [-0.39, 0.29) is 42.9 Å². The molecule has 6 aromatic carbocycles. The molecule has 17 heteroatoms. The Morgan fingerprint density at radius 2 is 1.00 bits per heavy atom. The van der Waals surface area contributed by atoms with E-state index in [1.807, 2.05) is 18.2 Å². The largest absolute Gasteiger partial charge is 0.421 e. The van der Waals surface area contributed by atoms with Gasteiger partial charge in [0.05, 0.1) is 27.8 Å². The zero-order chi connectivity index (χ0) is 43.5. The van der Waals surface area contributed by atoms with Crippen LogP contribution in [0.3, 0.4) is 0 Å². The molecule has 0 aliphatic carbocycles. The summed E-state index contributed by atoms with van der Waals surface area (Å²) in [4.78, 5) is 8.19. The van der Waals surface area contributed by atoms with E-state index >= 15 is 0 Å². The smallest absolute Gasteiger partial charge is 0.268 e. The molecule has 1 radical (unpaired) electrons. The number of benzene rings is 6. The van der Waals surface area contributed by atoms with Crippen molar-refractivity contribution < 1.29 is 64.4 Å². The van der Waals surface area contributed by atoms with E-state index in [0.29, 0.717) is 33.7 Å². The number of fused-ring (bicyclic) bond motifs is 2. The molecule has 10 rings (SSSR count). The van der Waals surface area contributed by atoms with E-state index in [2.05, 4.69) is 45.0 Å². The maximum atomic E-state index is 14.2. The molecule has 0 aliphatic heterocycles. The van der Waals surface area contributed by atoms with Crippen LogP contribution < -0.4 is 14.2 Å². The van der Waals surface area contributed by atoms with E-state index in [1.165, 1.54) is 30.4 Å². The average molecular weight is 1030 g/mol. The van der Waals surface area contributed by atoms with Gasteiger partial charge in [0.2, 0.25) is 0 Å². The van der Waals surface area contributed by atoms with Crippen LogP contribution in [0, 0.1) is 78.2 Å². The third kappa shape index (κ3) is 9.29. The van der Waals surface area contributed by atoms with Crippen LogP contribution >= 0.6 is 0 Å². The number of aromatic nitrogens is 8. The fourth-order valence-electron chi connectivity index (χ4n) is 6.27. The maximum absolute atomic E-state index is 14.2. The molecule has 0 fully saturated rings. The van der Waals surface area contributed by atoms with Gasteiger partial charge in [-0.15, -0.1) is 24.3 Å². The van der Waals surface area contributed by atoms with Crippen LogP contribution in [-0.2, 0) is 20.1 Å². The first-order valence-corrected chi connectivity index (χ1v) is 18.3. The first-order valence-electron chi connectivity index (χ1n) is 18.3. The van der Waals surface area contributed by atoms with Crippen LogP contribution in [0.1, 0.15) is 5.82 Å². The zero-order valence-electron chi connectivity index (χ0n) is 32.1. The molecular weight excluding hydrogens is 1010 g/mol. The quantitative estimate of drug-likeness (QED) is 0.0982. The molecule has 0 amide bonds. The number of hydrogen-bond donors (Lipinski definition) is 0. The first-order chi connectivity index (χ1) is 29.9. The molecule has 4 aromatic heterocycles. The second-order valence-corrected chi connectivity index (χ2v) is 13.1. The third-order valence-electron chi connectivity index (χ3n) is 9.00. The Morgan fingerprint density at radius 1 is 0.540 bits per heavy atom. The summed E-state index contributed by atoms with van der Waals surface area (Å²) in [5.41, 5.74) is 2.81. The number of pyridine rings is 1. The van der Waals surface area contributed by atoms with Crippen molar-refractivity contribution >= 4 is 22.1 Å². The summed E-state index contributed by atoms with van der Waals surface area (Å²) in [6, 6.07) is 34.0. The third-order valence-corrected chi connectivity index (χ3v) is 9.00. The average Bonchev–Trinajstić information content (AvgIpc) is 3.98. The van der Waals surface area contributed by atoms with Crippen molar-refractivity contribution in [1.82, 2.24) is 29.3 Å². The summed E-state index contributed by atoms with van der Waals surface area (Å²) < 4.78 is 115. The minimum Gasteiger partial charge on any atom is -0.421 e. The topological polar surface area (TPSA) is 70.4 Å². The van der Waals surface area contributed by atoms with Crippen LogP contribution in [0.2, 0.25) is 0 Å². The van der Waals surface area contributed by atoms with E-state index in [4.69, 9.17) is 0 Å². The Kier molecular flexibility index (Phi) is 13.0. The summed E-state index contributed by atoms with van der Waals surface area (Å²) >= 11 is 0. The number of nitrogens with zero attached hydrogens (tertiary/aromatic N) is 8. The Labute approximate surface area is 366 Å². The van der Waals surface area contributed by atoms with E-state index in [9.17, 15) is 35.1 Å². The maximum Gasteiger partial charge on any atom is 0.268 e. The van der Waals surface area contributed by atoms with E-state index < -0.39 is 46.5 Å². The Morgan fingerprint density at radius 3 is 1.41 bits per heavy atom. The normalized spacial score (nSPS) is 10.8. The fraction of sp³-hybridized carbons (Fsp3) is 0.0217. The van der Waals surface area contributed by atoms with Crippen molar-refractivity contribution in [2.75, 3.05) is 0 Å². The molecule has 0 aliphatic rings. The molecule has 0 saturated carbocycles. The van der Waals surface area contributed by atoms with Gasteiger partial charge in [0, 0.05) is 67.5 Å². The van der Waals surface area contributed by atoms with Gasteiger partial charge in [0.25, 0.3) is 12.7 Å².